The van der Waals surface area contributed by atoms with E-state index in [0.29, 0.717) is 5.91 Å². The lowest BCUT2D eigenvalue weighted by Crippen LogP contribution is -2.50. The first-order valence-corrected chi connectivity index (χ1v) is 10.3. The van der Waals surface area contributed by atoms with E-state index >= 15 is 0 Å². The number of rotatable bonds is 4. The van der Waals surface area contributed by atoms with Crippen LogP contribution >= 0.6 is 0 Å². The fourth-order valence-corrected chi connectivity index (χ4v) is 4.42. The summed E-state index contributed by atoms with van der Waals surface area (Å²) in [7, 11) is 0. The SMILES string of the molecule is O=C(C1CCn2c(cnc2-c2ccccc2)C1)N1CCN(Cc2ccon2)CC1. The third kappa shape index (κ3) is 3.70. The highest BCUT2D eigenvalue weighted by atomic mass is 16.5. The molecule has 2 aliphatic heterocycles. The highest BCUT2D eigenvalue weighted by Gasteiger charge is 2.31. The molecule has 0 N–H and O–H groups in total. The van der Waals surface area contributed by atoms with Crippen LogP contribution < -0.4 is 0 Å². The van der Waals surface area contributed by atoms with Gasteiger partial charge >= 0.3 is 0 Å². The normalized spacial score (nSPS) is 19.9. The lowest BCUT2D eigenvalue weighted by molar-refractivity contribution is -0.138. The summed E-state index contributed by atoms with van der Waals surface area (Å²) >= 11 is 0. The Morgan fingerprint density at radius 1 is 1.07 bits per heavy atom. The molecule has 2 aliphatic rings. The molecule has 150 valence electrons. The molecule has 1 atom stereocenters. The van der Waals surface area contributed by atoms with Crippen LogP contribution in [0, 0.1) is 5.92 Å². The van der Waals surface area contributed by atoms with E-state index in [9.17, 15) is 4.79 Å². The smallest absolute Gasteiger partial charge is 0.226 e. The molecule has 7 nitrogen and oxygen atoms in total. The number of benzene rings is 1. The molecule has 5 rings (SSSR count). The van der Waals surface area contributed by atoms with Crippen LogP contribution in [0.5, 0.6) is 0 Å². The number of piperazine rings is 1. The number of carbonyl (C=O) groups excluding carboxylic acids is 1. The molecule has 1 amide bonds. The van der Waals surface area contributed by atoms with Crippen LogP contribution in [-0.2, 0) is 24.3 Å². The van der Waals surface area contributed by atoms with E-state index < -0.39 is 0 Å². The molecule has 1 unspecified atom stereocenters. The number of fused-ring (bicyclic) bond motifs is 1. The topological polar surface area (TPSA) is 67.4 Å². The maximum absolute atomic E-state index is 13.1. The van der Waals surface area contributed by atoms with E-state index in [1.54, 1.807) is 6.26 Å². The van der Waals surface area contributed by atoms with Crippen LogP contribution in [0.2, 0.25) is 0 Å². The fourth-order valence-electron chi connectivity index (χ4n) is 4.42. The number of aromatic nitrogens is 3. The van der Waals surface area contributed by atoms with Gasteiger partial charge in [0.2, 0.25) is 5.91 Å². The number of hydrogen-bond acceptors (Lipinski definition) is 5. The first-order valence-electron chi connectivity index (χ1n) is 10.3. The van der Waals surface area contributed by atoms with Crippen molar-refractivity contribution in [3.8, 4) is 11.4 Å². The van der Waals surface area contributed by atoms with Crippen molar-refractivity contribution < 1.29 is 9.32 Å². The molecule has 29 heavy (non-hydrogen) atoms. The average molecular weight is 391 g/mol. The Kier molecular flexibility index (Phi) is 4.89. The Hall–Kier alpha value is -2.93. The van der Waals surface area contributed by atoms with Gasteiger partial charge in [0.1, 0.15) is 12.1 Å². The third-order valence-electron chi connectivity index (χ3n) is 6.04. The van der Waals surface area contributed by atoms with Crippen LogP contribution in [0.3, 0.4) is 0 Å². The van der Waals surface area contributed by atoms with Gasteiger partial charge in [0.15, 0.2) is 0 Å². The highest BCUT2D eigenvalue weighted by molar-refractivity contribution is 5.79. The van der Waals surface area contributed by atoms with Crippen LogP contribution in [0.15, 0.2) is 53.4 Å². The molecular formula is C22H25N5O2. The Morgan fingerprint density at radius 2 is 1.90 bits per heavy atom. The molecule has 3 aromatic rings. The first-order chi connectivity index (χ1) is 14.3. The Balaban J connectivity index is 1.20. The largest absolute Gasteiger partial charge is 0.364 e. The number of hydrogen-bond donors (Lipinski definition) is 0. The Labute approximate surface area is 169 Å². The van der Waals surface area contributed by atoms with Gasteiger partial charge in [-0.05, 0) is 6.42 Å². The molecule has 0 spiro atoms. The van der Waals surface area contributed by atoms with Gasteiger partial charge in [-0.25, -0.2) is 4.98 Å². The molecule has 1 saturated heterocycles. The summed E-state index contributed by atoms with van der Waals surface area (Å²) in [4.78, 5) is 22.1. The van der Waals surface area contributed by atoms with Gasteiger partial charge < -0.3 is 14.0 Å². The second-order valence-electron chi connectivity index (χ2n) is 7.87. The van der Waals surface area contributed by atoms with E-state index in [0.717, 1.165) is 74.9 Å². The second-order valence-corrected chi connectivity index (χ2v) is 7.87. The van der Waals surface area contributed by atoms with Crippen molar-refractivity contribution in [2.24, 2.45) is 5.92 Å². The van der Waals surface area contributed by atoms with Crippen molar-refractivity contribution in [2.75, 3.05) is 26.2 Å². The zero-order valence-corrected chi connectivity index (χ0v) is 16.4. The highest BCUT2D eigenvalue weighted by Crippen LogP contribution is 2.28. The molecule has 0 bridgehead atoms. The van der Waals surface area contributed by atoms with E-state index in [1.807, 2.05) is 35.4 Å². The second kappa shape index (κ2) is 7.83. The van der Waals surface area contributed by atoms with Gasteiger partial charge in [-0.15, -0.1) is 0 Å². The quantitative estimate of drug-likeness (QED) is 0.683. The van der Waals surface area contributed by atoms with Gasteiger partial charge in [-0.2, -0.15) is 0 Å². The predicted octanol–water partition coefficient (Wildman–Crippen LogP) is 2.44. The number of nitrogens with zero attached hydrogens (tertiary/aromatic N) is 5. The molecule has 1 aromatic carbocycles. The summed E-state index contributed by atoms with van der Waals surface area (Å²) in [6, 6.07) is 12.2. The zero-order valence-electron chi connectivity index (χ0n) is 16.4. The monoisotopic (exact) mass is 391 g/mol. The molecular weight excluding hydrogens is 366 g/mol. The van der Waals surface area contributed by atoms with Crippen molar-refractivity contribution in [1.82, 2.24) is 24.5 Å². The molecule has 0 radical (unpaired) electrons. The summed E-state index contributed by atoms with van der Waals surface area (Å²) in [5.74, 6) is 1.36. The van der Waals surface area contributed by atoms with Crippen LogP contribution in [0.4, 0.5) is 0 Å². The number of amides is 1. The van der Waals surface area contributed by atoms with Gasteiger partial charge in [0, 0.05) is 75.1 Å². The van der Waals surface area contributed by atoms with E-state index in [1.165, 1.54) is 0 Å². The van der Waals surface area contributed by atoms with E-state index in [-0.39, 0.29) is 5.92 Å². The summed E-state index contributed by atoms with van der Waals surface area (Å²) in [5.41, 5.74) is 3.24. The van der Waals surface area contributed by atoms with Crippen molar-refractivity contribution in [1.29, 1.82) is 0 Å². The van der Waals surface area contributed by atoms with Gasteiger partial charge in [-0.1, -0.05) is 35.5 Å². The summed E-state index contributed by atoms with van der Waals surface area (Å²) in [5, 5.41) is 3.98. The number of imidazole rings is 1. The van der Waals surface area contributed by atoms with Crippen molar-refractivity contribution >= 4 is 5.91 Å². The van der Waals surface area contributed by atoms with Crippen molar-refractivity contribution in [3.05, 3.63) is 60.2 Å². The molecule has 4 heterocycles. The lowest BCUT2D eigenvalue weighted by atomic mass is 9.94. The van der Waals surface area contributed by atoms with Gasteiger partial charge in [-0.3, -0.25) is 9.69 Å². The average Bonchev–Trinajstić information content (AvgIpc) is 3.44. The summed E-state index contributed by atoms with van der Waals surface area (Å²) in [6.07, 6.45) is 5.20. The number of carbonyl (C=O) groups is 1. The maximum atomic E-state index is 13.1. The Bertz CT molecular complexity index is 959. The van der Waals surface area contributed by atoms with Crippen molar-refractivity contribution in [3.63, 3.8) is 0 Å². The molecule has 2 aromatic heterocycles. The summed E-state index contributed by atoms with van der Waals surface area (Å²) in [6.45, 7) is 4.94. The lowest BCUT2D eigenvalue weighted by Gasteiger charge is -2.37. The zero-order chi connectivity index (χ0) is 19.6. The van der Waals surface area contributed by atoms with Gasteiger partial charge in [0.25, 0.3) is 0 Å². The van der Waals surface area contributed by atoms with E-state index in [4.69, 9.17) is 4.52 Å². The molecule has 0 saturated carbocycles. The fraction of sp³-hybridized carbons (Fsp3) is 0.409. The minimum absolute atomic E-state index is 0.0601. The minimum Gasteiger partial charge on any atom is -0.364 e. The maximum Gasteiger partial charge on any atom is 0.226 e. The Morgan fingerprint density at radius 3 is 2.66 bits per heavy atom. The predicted molar refractivity (Wildman–Crippen MR) is 108 cm³/mol. The van der Waals surface area contributed by atoms with Crippen LogP contribution in [0.25, 0.3) is 11.4 Å². The van der Waals surface area contributed by atoms with Crippen LogP contribution in [0.1, 0.15) is 17.8 Å². The molecule has 7 heteroatoms. The standard InChI is InChI=1S/C22H25N5O2/c28-22(26-11-9-25(10-12-26)16-19-7-13-29-24-19)18-6-8-27-20(14-18)15-23-21(27)17-4-2-1-3-5-17/h1-5,7,13,15,18H,6,8-12,14,16H2. The van der Waals surface area contributed by atoms with Crippen molar-refractivity contribution in [2.45, 2.75) is 25.9 Å². The van der Waals surface area contributed by atoms with Crippen LogP contribution in [-0.4, -0.2) is 56.6 Å². The molecule has 1 fully saturated rings. The summed E-state index contributed by atoms with van der Waals surface area (Å²) < 4.78 is 7.18. The first kappa shape index (κ1) is 18.1. The third-order valence-corrected chi connectivity index (χ3v) is 6.04. The van der Waals surface area contributed by atoms with E-state index in [2.05, 4.69) is 31.7 Å². The molecule has 0 aliphatic carbocycles. The minimum atomic E-state index is 0.0601. The van der Waals surface area contributed by atoms with Gasteiger partial charge in [0.05, 0.1) is 5.69 Å².